The van der Waals surface area contributed by atoms with E-state index >= 15 is 0 Å². The van der Waals surface area contributed by atoms with E-state index in [1.165, 1.54) is 0 Å². The van der Waals surface area contributed by atoms with Crippen LogP contribution in [-0.2, 0) is 0 Å². The highest BCUT2D eigenvalue weighted by Crippen LogP contribution is 2.33. The second-order valence-electron chi connectivity index (χ2n) is 3.43. The predicted octanol–water partition coefficient (Wildman–Crippen LogP) is 1.39. The molecule has 2 atom stereocenters. The Morgan fingerprint density at radius 1 is 1.12 bits per heavy atom. The average Bonchev–Trinajstić information content (AvgIpc) is 1.68. The summed E-state index contributed by atoms with van der Waals surface area (Å²) in [4.78, 5) is 0. The molecule has 1 N–H and O–H groups in total. The van der Waals surface area contributed by atoms with Gasteiger partial charge in [0, 0.05) is 12.1 Å². The summed E-state index contributed by atoms with van der Waals surface area (Å²) in [6.45, 7) is 9.08. The standard InChI is InChI=1S/C7H15N/c1-5-7(3,4)6(2)8-5/h5-6,8H,1-4H3/t5-,6?/m1/s1. The normalized spacial score (nSPS) is 43.5. The minimum atomic E-state index is 0.528. The van der Waals surface area contributed by atoms with Gasteiger partial charge in [-0.15, -0.1) is 0 Å². The highest BCUT2D eigenvalue weighted by molar-refractivity contribution is 4.99. The third-order valence-electron chi connectivity index (χ3n) is 2.73. The van der Waals surface area contributed by atoms with Crippen LogP contribution in [0.15, 0.2) is 0 Å². The van der Waals surface area contributed by atoms with Gasteiger partial charge in [-0.05, 0) is 19.3 Å². The van der Waals surface area contributed by atoms with Gasteiger partial charge in [0.05, 0.1) is 0 Å². The minimum Gasteiger partial charge on any atom is -0.311 e. The molecule has 1 fully saturated rings. The topological polar surface area (TPSA) is 12.0 Å². The summed E-state index contributed by atoms with van der Waals surface area (Å²) in [5.41, 5.74) is 0.528. The maximum Gasteiger partial charge on any atom is 0.0107 e. The molecule has 1 heterocycles. The molecule has 48 valence electrons. The lowest BCUT2D eigenvalue weighted by Gasteiger charge is -2.50. The van der Waals surface area contributed by atoms with Crippen molar-refractivity contribution in [2.24, 2.45) is 5.41 Å². The van der Waals surface area contributed by atoms with Gasteiger partial charge in [0.15, 0.2) is 0 Å². The first-order valence-electron chi connectivity index (χ1n) is 3.31. The Bertz CT molecular complexity index is 86.6. The quantitative estimate of drug-likeness (QED) is 0.500. The lowest BCUT2D eigenvalue weighted by atomic mass is 9.71. The molecule has 0 aromatic rings. The monoisotopic (exact) mass is 113 g/mol. The molecular formula is C7H15N. The first-order valence-corrected chi connectivity index (χ1v) is 3.31. The molecule has 1 saturated heterocycles. The van der Waals surface area contributed by atoms with Crippen molar-refractivity contribution in [2.45, 2.75) is 39.8 Å². The minimum absolute atomic E-state index is 0.528. The number of hydrogen-bond donors (Lipinski definition) is 1. The van der Waals surface area contributed by atoms with Crippen molar-refractivity contribution in [3.63, 3.8) is 0 Å². The van der Waals surface area contributed by atoms with Gasteiger partial charge in [-0.1, -0.05) is 13.8 Å². The van der Waals surface area contributed by atoms with Crippen molar-refractivity contribution in [1.82, 2.24) is 5.32 Å². The van der Waals surface area contributed by atoms with Crippen LogP contribution in [0, 0.1) is 5.41 Å². The molecule has 1 aliphatic heterocycles. The molecule has 0 aliphatic carbocycles. The van der Waals surface area contributed by atoms with Gasteiger partial charge in [0.25, 0.3) is 0 Å². The van der Waals surface area contributed by atoms with Gasteiger partial charge in [0.1, 0.15) is 0 Å². The van der Waals surface area contributed by atoms with E-state index in [-0.39, 0.29) is 0 Å². The number of nitrogens with one attached hydrogen (secondary N) is 1. The van der Waals surface area contributed by atoms with Crippen molar-refractivity contribution in [3.8, 4) is 0 Å². The van der Waals surface area contributed by atoms with E-state index in [4.69, 9.17) is 0 Å². The van der Waals surface area contributed by atoms with Gasteiger partial charge in [-0.2, -0.15) is 0 Å². The average molecular weight is 113 g/mol. The van der Waals surface area contributed by atoms with E-state index in [0.29, 0.717) is 17.5 Å². The van der Waals surface area contributed by atoms with Crippen LogP contribution < -0.4 is 5.32 Å². The van der Waals surface area contributed by atoms with Crippen molar-refractivity contribution < 1.29 is 0 Å². The van der Waals surface area contributed by atoms with Crippen LogP contribution in [0.1, 0.15) is 27.7 Å². The zero-order valence-electron chi connectivity index (χ0n) is 6.15. The summed E-state index contributed by atoms with van der Waals surface area (Å²) >= 11 is 0. The molecule has 0 radical (unpaired) electrons. The van der Waals surface area contributed by atoms with Crippen LogP contribution in [0.25, 0.3) is 0 Å². The molecule has 1 nitrogen and oxygen atoms in total. The number of hydrogen-bond acceptors (Lipinski definition) is 1. The zero-order chi connectivity index (χ0) is 6.36. The molecule has 0 aromatic heterocycles. The SMILES string of the molecule is CC1N[C@H](C)C1(C)C. The lowest BCUT2D eigenvalue weighted by Crippen LogP contribution is -2.64. The van der Waals surface area contributed by atoms with Crippen LogP contribution in [-0.4, -0.2) is 12.1 Å². The molecule has 0 bridgehead atoms. The van der Waals surface area contributed by atoms with Crippen molar-refractivity contribution in [2.75, 3.05) is 0 Å². The van der Waals surface area contributed by atoms with Crippen molar-refractivity contribution in [1.29, 1.82) is 0 Å². The zero-order valence-corrected chi connectivity index (χ0v) is 6.15. The van der Waals surface area contributed by atoms with Crippen LogP contribution in [0.3, 0.4) is 0 Å². The van der Waals surface area contributed by atoms with Gasteiger partial charge >= 0.3 is 0 Å². The Labute approximate surface area is 51.5 Å². The highest BCUT2D eigenvalue weighted by Gasteiger charge is 2.41. The molecular weight excluding hydrogens is 98.1 g/mol. The Kier molecular flexibility index (Phi) is 1.12. The molecule has 1 heteroatoms. The van der Waals surface area contributed by atoms with Crippen LogP contribution in [0.5, 0.6) is 0 Å². The Hall–Kier alpha value is -0.0400. The highest BCUT2D eigenvalue weighted by atomic mass is 15.1. The maximum atomic E-state index is 3.40. The molecule has 0 saturated carbocycles. The predicted molar refractivity (Wildman–Crippen MR) is 35.8 cm³/mol. The third-order valence-corrected chi connectivity index (χ3v) is 2.73. The van der Waals surface area contributed by atoms with Gasteiger partial charge in [-0.25, -0.2) is 0 Å². The molecule has 8 heavy (non-hydrogen) atoms. The first-order chi connectivity index (χ1) is 3.55. The fourth-order valence-corrected chi connectivity index (χ4v) is 1.08. The third kappa shape index (κ3) is 0.576. The maximum absolute atomic E-state index is 3.40. The summed E-state index contributed by atoms with van der Waals surface area (Å²) in [6.07, 6.45) is 0. The second kappa shape index (κ2) is 1.47. The van der Waals surface area contributed by atoms with Crippen LogP contribution >= 0.6 is 0 Å². The Morgan fingerprint density at radius 3 is 1.50 bits per heavy atom. The molecule has 1 rings (SSSR count). The summed E-state index contributed by atoms with van der Waals surface area (Å²) in [6, 6.07) is 1.41. The number of rotatable bonds is 0. The smallest absolute Gasteiger partial charge is 0.0107 e. The summed E-state index contributed by atoms with van der Waals surface area (Å²) in [7, 11) is 0. The molecule has 0 aromatic carbocycles. The Balaban J connectivity index is 2.52. The van der Waals surface area contributed by atoms with E-state index in [1.807, 2.05) is 0 Å². The van der Waals surface area contributed by atoms with Gasteiger partial charge in [0.2, 0.25) is 0 Å². The van der Waals surface area contributed by atoms with Gasteiger partial charge < -0.3 is 5.32 Å². The lowest BCUT2D eigenvalue weighted by molar-refractivity contribution is 0.0718. The van der Waals surface area contributed by atoms with Crippen molar-refractivity contribution >= 4 is 0 Å². The summed E-state index contributed by atoms with van der Waals surface area (Å²) < 4.78 is 0. The van der Waals surface area contributed by atoms with Crippen molar-refractivity contribution in [3.05, 3.63) is 0 Å². The molecule has 1 aliphatic rings. The fraction of sp³-hybridized carbons (Fsp3) is 1.00. The summed E-state index contributed by atoms with van der Waals surface area (Å²) in [5, 5.41) is 3.40. The van der Waals surface area contributed by atoms with Crippen LogP contribution in [0.2, 0.25) is 0 Å². The summed E-state index contributed by atoms with van der Waals surface area (Å²) in [5.74, 6) is 0. The van der Waals surface area contributed by atoms with E-state index in [1.54, 1.807) is 0 Å². The van der Waals surface area contributed by atoms with E-state index < -0.39 is 0 Å². The molecule has 1 unspecified atom stereocenters. The molecule has 0 spiro atoms. The van der Waals surface area contributed by atoms with E-state index in [0.717, 1.165) is 0 Å². The largest absolute Gasteiger partial charge is 0.311 e. The Morgan fingerprint density at radius 2 is 1.50 bits per heavy atom. The van der Waals surface area contributed by atoms with Crippen LogP contribution in [0.4, 0.5) is 0 Å². The first kappa shape index (κ1) is 6.09. The fourth-order valence-electron chi connectivity index (χ4n) is 1.08. The second-order valence-corrected chi connectivity index (χ2v) is 3.43. The molecule has 0 amide bonds. The van der Waals surface area contributed by atoms with E-state index in [2.05, 4.69) is 33.0 Å². The van der Waals surface area contributed by atoms with E-state index in [9.17, 15) is 0 Å². The van der Waals surface area contributed by atoms with Gasteiger partial charge in [-0.3, -0.25) is 0 Å².